The molecule has 8 heteroatoms. The van der Waals surface area contributed by atoms with Gasteiger partial charge in [0.05, 0.1) is 23.9 Å². The van der Waals surface area contributed by atoms with Crippen LogP contribution < -0.4 is 4.74 Å². The summed E-state index contributed by atoms with van der Waals surface area (Å²) >= 11 is 3.59. The van der Waals surface area contributed by atoms with E-state index in [0.29, 0.717) is 5.65 Å². The van der Waals surface area contributed by atoms with E-state index in [2.05, 4.69) is 26.2 Å². The summed E-state index contributed by atoms with van der Waals surface area (Å²) in [6.07, 6.45) is 11.5. The molecule has 0 fully saturated rings. The normalized spacial score (nSPS) is 16.6. The lowest BCUT2D eigenvalue weighted by Gasteiger charge is -2.25. The number of fused-ring (bicyclic) bond motifs is 2. The number of thioether (sulfide) groups is 2. The van der Waals surface area contributed by atoms with Crippen molar-refractivity contribution in [2.24, 2.45) is 0 Å². The van der Waals surface area contributed by atoms with Gasteiger partial charge in [-0.05, 0) is 43.8 Å². The number of rotatable bonds is 7. The molecule has 1 atom stereocenters. The molecule has 0 saturated heterocycles. The maximum atomic E-state index is 6.06. The fraction of sp³-hybridized carbons (Fsp3) is 0.444. The first-order valence-corrected chi connectivity index (χ1v) is 11.0. The van der Waals surface area contributed by atoms with Crippen molar-refractivity contribution in [3.8, 4) is 5.75 Å². The highest BCUT2D eigenvalue weighted by atomic mass is 32.2. The van der Waals surface area contributed by atoms with Gasteiger partial charge in [0.15, 0.2) is 5.65 Å². The molecule has 3 heterocycles. The molecule has 26 heavy (non-hydrogen) atoms. The molecule has 4 rings (SSSR count). The molecule has 1 N–H and O–H groups in total. The van der Waals surface area contributed by atoms with E-state index in [1.54, 1.807) is 24.4 Å². The summed E-state index contributed by atoms with van der Waals surface area (Å²) in [6, 6.07) is 2.00. The van der Waals surface area contributed by atoms with Gasteiger partial charge >= 0.3 is 0 Å². The van der Waals surface area contributed by atoms with Gasteiger partial charge in [-0.3, -0.25) is 4.98 Å². The lowest BCUT2D eigenvalue weighted by molar-refractivity contribution is 0.313. The number of H-pyrrole nitrogens is 1. The molecule has 0 bridgehead atoms. The molecule has 0 aromatic carbocycles. The Balaban J connectivity index is 1.56. The van der Waals surface area contributed by atoms with Crippen molar-refractivity contribution in [1.29, 1.82) is 0 Å². The van der Waals surface area contributed by atoms with Crippen LogP contribution in [0.3, 0.4) is 0 Å². The van der Waals surface area contributed by atoms with Gasteiger partial charge < -0.3 is 9.72 Å². The summed E-state index contributed by atoms with van der Waals surface area (Å²) in [4.78, 5) is 20.7. The molecule has 0 saturated carbocycles. The molecule has 1 unspecified atom stereocenters. The van der Waals surface area contributed by atoms with E-state index in [-0.39, 0.29) is 5.25 Å². The third-order valence-corrected chi connectivity index (χ3v) is 6.41. The Morgan fingerprint density at radius 3 is 3.15 bits per heavy atom. The molecule has 0 aliphatic heterocycles. The highest BCUT2D eigenvalue weighted by molar-refractivity contribution is 7.99. The van der Waals surface area contributed by atoms with E-state index in [1.807, 2.05) is 24.0 Å². The number of hydrogen-bond donors (Lipinski definition) is 1. The van der Waals surface area contributed by atoms with Crippen molar-refractivity contribution in [3.05, 3.63) is 36.2 Å². The summed E-state index contributed by atoms with van der Waals surface area (Å²) in [7, 11) is 0. The van der Waals surface area contributed by atoms with Crippen LogP contribution in [0.25, 0.3) is 11.2 Å². The topological polar surface area (TPSA) is 76.6 Å². The van der Waals surface area contributed by atoms with E-state index < -0.39 is 0 Å². The number of imidazole rings is 1. The Kier molecular flexibility index (Phi) is 5.59. The van der Waals surface area contributed by atoms with E-state index >= 15 is 0 Å². The van der Waals surface area contributed by atoms with Crippen molar-refractivity contribution in [2.45, 2.75) is 36.0 Å². The van der Waals surface area contributed by atoms with Crippen molar-refractivity contribution >= 4 is 34.7 Å². The number of aromatic amines is 1. The minimum atomic E-state index is 0.273. The van der Waals surface area contributed by atoms with E-state index in [9.17, 15) is 0 Å². The number of aromatic nitrogens is 5. The second-order valence-electron chi connectivity index (χ2n) is 6.15. The number of ether oxygens (including phenoxy) is 1. The lowest BCUT2D eigenvalue weighted by Crippen LogP contribution is -2.12. The van der Waals surface area contributed by atoms with Gasteiger partial charge in [-0.25, -0.2) is 15.0 Å². The third kappa shape index (κ3) is 3.66. The van der Waals surface area contributed by atoms with Crippen LogP contribution in [0.2, 0.25) is 0 Å². The fourth-order valence-corrected chi connectivity index (χ4v) is 4.87. The fourth-order valence-electron chi connectivity index (χ4n) is 3.22. The van der Waals surface area contributed by atoms with Crippen LogP contribution in [0.5, 0.6) is 5.75 Å². The number of nitrogens with one attached hydrogen (secondary N) is 1. The standard InChI is InChI=1S/C18H21N5OS2/c1-25-9-3-8-24-13-6-7-19-15-12(13)4-2-5-14(15)26-18-16-17(21-10-20-16)22-11-23-18/h6-7,10-11,14H,2-5,8-9H2,1H3,(H,20,21,22,23). The molecule has 3 aromatic rings. The Morgan fingerprint density at radius 2 is 2.23 bits per heavy atom. The van der Waals surface area contributed by atoms with Crippen LogP contribution in [-0.2, 0) is 6.42 Å². The van der Waals surface area contributed by atoms with Crippen LogP contribution in [0, 0.1) is 0 Å². The number of pyridine rings is 1. The molecule has 6 nitrogen and oxygen atoms in total. The van der Waals surface area contributed by atoms with Crippen molar-refractivity contribution in [1.82, 2.24) is 24.9 Å². The molecule has 136 valence electrons. The third-order valence-electron chi connectivity index (χ3n) is 4.44. The number of nitrogens with zero attached hydrogens (tertiary/aromatic N) is 4. The molecule has 0 spiro atoms. The van der Waals surface area contributed by atoms with E-state index in [1.165, 1.54) is 5.56 Å². The maximum absolute atomic E-state index is 6.06. The first-order chi connectivity index (χ1) is 12.9. The average molecular weight is 388 g/mol. The Labute approximate surface area is 161 Å². The highest BCUT2D eigenvalue weighted by Crippen LogP contribution is 2.45. The predicted molar refractivity (Wildman–Crippen MR) is 106 cm³/mol. The van der Waals surface area contributed by atoms with Gasteiger partial charge in [0.1, 0.15) is 22.6 Å². The average Bonchev–Trinajstić information content (AvgIpc) is 3.15. The van der Waals surface area contributed by atoms with Crippen molar-refractivity contribution in [2.75, 3.05) is 18.6 Å². The number of hydrogen-bond acceptors (Lipinski definition) is 7. The predicted octanol–water partition coefficient (Wildman–Crippen LogP) is 4.05. The monoisotopic (exact) mass is 387 g/mol. The summed E-state index contributed by atoms with van der Waals surface area (Å²) in [5.74, 6) is 2.12. The van der Waals surface area contributed by atoms with Gasteiger partial charge in [0, 0.05) is 11.8 Å². The van der Waals surface area contributed by atoms with Gasteiger partial charge in [0.25, 0.3) is 0 Å². The summed E-state index contributed by atoms with van der Waals surface area (Å²) in [6.45, 7) is 0.760. The van der Waals surface area contributed by atoms with Crippen molar-refractivity contribution in [3.63, 3.8) is 0 Å². The molecule has 0 radical (unpaired) electrons. The first kappa shape index (κ1) is 17.6. The molecule has 3 aromatic heterocycles. The zero-order valence-electron chi connectivity index (χ0n) is 14.6. The molecule has 1 aliphatic rings. The van der Waals surface area contributed by atoms with E-state index in [0.717, 1.165) is 60.0 Å². The Morgan fingerprint density at radius 1 is 1.27 bits per heavy atom. The SMILES string of the molecule is CSCCCOc1ccnc2c1CCCC2Sc1ncnc2nc[nH]c12. The smallest absolute Gasteiger partial charge is 0.181 e. The maximum Gasteiger partial charge on any atom is 0.181 e. The second-order valence-corrected chi connectivity index (χ2v) is 8.32. The largest absolute Gasteiger partial charge is 0.493 e. The molecular formula is C18H21N5OS2. The van der Waals surface area contributed by atoms with E-state index in [4.69, 9.17) is 9.72 Å². The van der Waals surface area contributed by atoms with Gasteiger partial charge in [-0.2, -0.15) is 11.8 Å². The lowest BCUT2D eigenvalue weighted by atomic mass is 9.95. The minimum Gasteiger partial charge on any atom is -0.493 e. The molecular weight excluding hydrogens is 366 g/mol. The quantitative estimate of drug-likeness (QED) is 0.484. The van der Waals surface area contributed by atoms with Gasteiger partial charge in [-0.1, -0.05) is 11.8 Å². The van der Waals surface area contributed by atoms with Gasteiger partial charge in [0.2, 0.25) is 0 Å². The van der Waals surface area contributed by atoms with Crippen LogP contribution in [-0.4, -0.2) is 43.5 Å². The van der Waals surface area contributed by atoms with Crippen LogP contribution in [0.1, 0.15) is 35.8 Å². The molecule has 0 amide bonds. The highest BCUT2D eigenvalue weighted by Gasteiger charge is 2.26. The minimum absolute atomic E-state index is 0.273. The summed E-state index contributed by atoms with van der Waals surface area (Å²) < 4.78 is 6.06. The summed E-state index contributed by atoms with van der Waals surface area (Å²) in [5.41, 5.74) is 4.00. The van der Waals surface area contributed by atoms with Crippen LogP contribution in [0.4, 0.5) is 0 Å². The van der Waals surface area contributed by atoms with Crippen LogP contribution in [0.15, 0.2) is 29.9 Å². The van der Waals surface area contributed by atoms with Gasteiger partial charge in [-0.15, -0.1) is 0 Å². The van der Waals surface area contributed by atoms with Crippen molar-refractivity contribution < 1.29 is 4.74 Å². The zero-order valence-corrected chi connectivity index (χ0v) is 16.3. The summed E-state index contributed by atoms with van der Waals surface area (Å²) in [5, 5.41) is 1.20. The second kappa shape index (κ2) is 8.26. The Bertz CT molecular complexity index is 885. The zero-order chi connectivity index (χ0) is 17.8. The van der Waals surface area contributed by atoms with Crippen LogP contribution >= 0.6 is 23.5 Å². The molecule has 1 aliphatic carbocycles. The first-order valence-electron chi connectivity index (χ1n) is 8.77. The Hall–Kier alpha value is -1.80.